The van der Waals surface area contributed by atoms with Crippen LogP contribution in [0.15, 0.2) is 41.3 Å². The Hall–Kier alpha value is -2.23. The second-order valence-corrected chi connectivity index (χ2v) is 9.17. The maximum Gasteiger partial charge on any atom is 0.261 e. The maximum absolute atomic E-state index is 12.3. The molecule has 0 aliphatic heterocycles. The van der Waals surface area contributed by atoms with Crippen molar-refractivity contribution >= 4 is 33.2 Å². The third-order valence-electron chi connectivity index (χ3n) is 3.58. The van der Waals surface area contributed by atoms with Gasteiger partial charge in [0.1, 0.15) is 0 Å². The number of rotatable bonds is 7. The molecule has 0 spiro atoms. The van der Waals surface area contributed by atoms with Crippen LogP contribution in [0.2, 0.25) is 0 Å². The third kappa shape index (κ3) is 4.90. The summed E-state index contributed by atoms with van der Waals surface area (Å²) in [4.78, 5) is 25.6. The minimum atomic E-state index is -3.60. The van der Waals surface area contributed by atoms with E-state index in [1.54, 1.807) is 24.3 Å². The van der Waals surface area contributed by atoms with Gasteiger partial charge in [0, 0.05) is 25.5 Å². The lowest BCUT2D eigenvalue weighted by Gasteiger charge is -2.15. The molecule has 2 N–H and O–H groups in total. The normalized spacial score (nSPS) is 11.4. The van der Waals surface area contributed by atoms with Crippen molar-refractivity contribution in [3.8, 4) is 0 Å². The molecular weight excluding hydrogens is 374 g/mol. The summed E-state index contributed by atoms with van der Waals surface area (Å²) in [6.45, 7) is 1.77. The second kappa shape index (κ2) is 8.43. The topological polar surface area (TPSA) is 95.6 Å². The van der Waals surface area contributed by atoms with Crippen molar-refractivity contribution in [3.05, 3.63) is 51.7 Å². The first-order chi connectivity index (χ1) is 12.2. The Labute approximate surface area is 157 Å². The number of aryl methyl sites for hydroxylation is 1. The number of carbonyl (C=O) groups excluding carboxylic acids is 2. The van der Waals surface area contributed by atoms with Crippen molar-refractivity contribution < 1.29 is 18.0 Å². The molecule has 0 bridgehead atoms. The summed E-state index contributed by atoms with van der Waals surface area (Å²) >= 11 is 1.35. The van der Waals surface area contributed by atoms with E-state index in [-0.39, 0.29) is 23.9 Å². The summed E-state index contributed by atoms with van der Waals surface area (Å²) < 4.78 is 25.8. The van der Waals surface area contributed by atoms with Crippen LogP contribution in [0.5, 0.6) is 0 Å². The number of hydrogen-bond donors (Lipinski definition) is 2. The zero-order chi connectivity index (χ0) is 19.3. The van der Waals surface area contributed by atoms with Gasteiger partial charge in [-0.25, -0.2) is 12.7 Å². The third-order valence-corrected chi connectivity index (χ3v) is 6.50. The van der Waals surface area contributed by atoms with Gasteiger partial charge in [0.25, 0.3) is 5.91 Å². The molecule has 140 valence electrons. The standard InChI is InChI=1S/C17H21N3O4S2/c1-12-8-9-14(25-12)17(22)19-11-16(21)18-10-13-6-4-5-7-15(13)26(23,24)20(2)3/h4-9H,10-11H2,1-3H3,(H,18,21)(H,19,22). The van der Waals surface area contributed by atoms with E-state index >= 15 is 0 Å². The van der Waals surface area contributed by atoms with Crippen LogP contribution in [-0.4, -0.2) is 45.2 Å². The Morgan fingerprint density at radius 1 is 1.08 bits per heavy atom. The smallest absolute Gasteiger partial charge is 0.261 e. The molecule has 1 aromatic heterocycles. The summed E-state index contributed by atoms with van der Waals surface area (Å²) in [5.74, 6) is -0.711. The molecular formula is C17H21N3O4S2. The van der Waals surface area contributed by atoms with Gasteiger partial charge in [-0.15, -0.1) is 11.3 Å². The molecule has 2 rings (SSSR count). The van der Waals surface area contributed by atoms with E-state index in [1.165, 1.54) is 31.5 Å². The first-order valence-corrected chi connectivity index (χ1v) is 10.1. The molecule has 7 nitrogen and oxygen atoms in total. The number of amides is 2. The zero-order valence-corrected chi connectivity index (χ0v) is 16.4. The van der Waals surface area contributed by atoms with Crippen LogP contribution >= 0.6 is 11.3 Å². The Morgan fingerprint density at radius 3 is 2.38 bits per heavy atom. The molecule has 0 atom stereocenters. The summed E-state index contributed by atoms with van der Waals surface area (Å²) in [5.41, 5.74) is 0.481. The molecule has 0 aliphatic carbocycles. The van der Waals surface area contributed by atoms with Crippen LogP contribution < -0.4 is 10.6 Å². The van der Waals surface area contributed by atoms with E-state index in [0.29, 0.717) is 10.4 Å². The van der Waals surface area contributed by atoms with E-state index in [9.17, 15) is 18.0 Å². The molecule has 0 saturated carbocycles. The monoisotopic (exact) mass is 395 g/mol. The van der Waals surface area contributed by atoms with Gasteiger partial charge in [-0.2, -0.15) is 0 Å². The Balaban J connectivity index is 1.95. The van der Waals surface area contributed by atoms with E-state index in [0.717, 1.165) is 9.18 Å². The summed E-state index contributed by atoms with van der Waals surface area (Å²) in [7, 11) is -0.699. The van der Waals surface area contributed by atoms with Crippen LogP contribution in [0.25, 0.3) is 0 Å². The fraction of sp³-hybridized carbons (Fsp3) is 0.294. The molecule has 0 unspecified atom stereocenters. The van der Waals surface area contributed by atoms with Gasteiger partial charge in [-0.3, -0.25) is 9.59 Å². The van der Waals surface area contributed by atoms with Gasteiger partial charge in [0.2, 0.25) is 15.9 Å². The molecule has 26 heavy (non-hydrogen) atoms. The van der Waals surface area contributed by atoms with Crippen LogP contribution in [0.4, 0.5) is 0 Å². The molecule has 0 saturated heterocycles. The SMILES string of the molecule is Cc1ccc(C(=O)NCC(=O)NCc2ccccc2S(=O)(=O)N(C)C)s1. The van der Waals surface area contributed by atoms with E-state index in [2.05, 4.69) is 10.6 Å². The van der Waals surface area contributed by atoms with Crippen LogP contribution in [0.1, 0.15) is 20.1 Å². The summed E-state index contributed by atoms with van der Waals surface area (Å²) in [6, 6.07) is 10.0. The quantitative estimate of drug-likeness (QED) is 0.740. The highest BCUT2D eigenvalue weighted by Gasteiger charge is 2.20. The lowest BCUT2D eigenvalue weighted by molar-refractivity contribution is -0.120. The Morgan fingerprint density at radius 2 is 1.77 bits per heavy atom. The van der Waals surface area contributed by atoms with Gasteiger partial charge in [-0.05, 0) is 30.7 Å². The number of hydrogen-bond acceptors (Lipinski definition) is 5. The highest BCUT2D eigenvalue weighted by Crippen LogP contribution is 2.18. The van der Waals surface area contributed by atoms with E-state index in [4.69, 9.17) is 0 Å². The molecule has 9 heteroatoms. The number of carbonyl (C=O) groups is 2. The predicted molar refractivity (Wildman–Crippen MR) is 101 cm³/mol. The minimum Gasteiger partial charge on any atom is -0.350 e. The van der Waals surface area contributed by atoms with Crippen molar-refractivity contribution in [3.63, 3.8) is 0 Å². The minimum absolute atomic E-state index is 0.0516. The molecule has 0 aliphatic rings. The van der Waals surface area contributed by atoms with Gasteiger partial charge >= 0.3 is 0 Å². The summed E-state index contributed by atoms with van der Waals surface area (Å²) in [6.07, 6.45) is 0. The van der Waals surface area contributed by atoms with Crippen molar-refractivity contribution in [1.82, 2.24) is 14.9 Å². The van der Waals surface area contributed by atoms with Gasteiger partial charge in [0.05, 0.1) is 16.3 Å². The first-order valence-electron chi connectivity index (χ1n) is 7.83. The van der Waals surface area contributed by atoms with Gasteiger partial charge in [0.15, 0.2) is 0 Å². The fourth-order valence-electron chi connectivity index (χ4n) is 2.16. The van der Waals surface area contributed by atoms with E-state index < -0.39 is 15.9 Å². The number of benzene rings is 1. The number of thiophene rings is 1. The summed E-state index contributed by atoms with van der Waals surface area (Å²) in [5, 5.41) is 5.17. The first kappa shape index (κ1) is 20.1. The second-order valence-electron chi connectivity index (χ2n) is 5.76. The van der Waals surface area contributed by atoms with Crippen molar-refractivity contribution in [2.75, 3.05) is 20.6 Å². The number of nitrogens with zero attached hydrogens (tertiary/aromatic N) is 1. The highest BCUT2D eigenvalue weighted by atomic mass is 32.2. The Kier molecular flexibility index (Phi) is 6.52. The molecule has 2 aromatic rings. The average Bonchev–Trinajstić information content (AvgIpc) is 3.04. The number of sulfonamides is 1. The van der Waals surface area contributed by atoms with Crippen LogP contribution in [-0.2, 0) is 21.4 Å². The molecule has 0 radical (unpaired) electrons. The molecule has 0 fully saturated rings. The van der Waals surface area contributed by atoms with Crippen molar-refractivity contribution in [2.45, 2.75) is 18.4 Å². The zero-order valence-electron chi connectivity index (χ0n) is 14.8. The van der Waals surface area contributed by atoms with Gasteiger partial charge < -0.3 is 10.6 Å². The largest absolute Gasteiger partial charge is 0.350 e. The van der Waals surface area contributed by atoms with Gasteiger partial charge in [-0.1, -0.05) is 18.2 Å². The Bertz CT molecular complexity index is 904. The van der Waals surface area contributed by atoms with Crippen molar-refractivity contribution in [2.24, 2.45) is 0 Å². The lowest BCUT2D eigenvalue weighted by atomic mass is 10.2. The van der Waals surface area contributed by atoms with Crippen molar-refractivity contribution in [1.29, 1.82) is 0 Å². The maximum atomic E-state index is 12.3. The average molecular weight is 396 g/mol. The molecule has 2 amide bonds. The molecule has 1 heterocycles. The number of nitrogens with one attached hydrogen (secondary N) is 2. The van der Waals surface area contributed by atoms with Crippen LogP contribution in [0.3, 0.4) is 0 Å². The fourth-order valence-corrected chi connectivity index (χ4v) is 4.06. The highest BCUT2D eigenvalue weighted by molar-refractivity contribution is 7.89. The lowest BCUT2D eigenvalue weighted by Crippen LogP contribution is -2.36. The van der Waals surface area contributed by atoms with E-state index in [1.807, 2.05) is 13.0 Å². The molecule has 1 aromatic carbocycles. The predicted octanol–water partition coefficient (Wildman–Crippen LogP) is 1.35. The van der Waals surface area contributed by atoms with Crippen LogP contribution in [0, 0.1) is 6.92 Å².